The SMILES string of the molecule is COc1ccc(O)c(C(=O)c2ccc(C(=O)N[C@@H]3CCCNC[C@H]3NC(=O)c3ccncn3)cc2)c1OC. The van der Waals surface area contributed by atoms with Crippen molar-refractivity contribution in [3.8, 4) is 17.2 Å². The van der Waals surface area contributed by atoms with E-state index in [1.807, 2.05) is 0 Å². The molecule has 0 bridgehead atoms. The van der Waals surface area contributed by atoms with Crippen LogP contribution in [0.15, 0.2) is 55.0 Å². The minimum atomic E-state index is -0.479. The van der Waals surface area contributed by atoms with Crippen molar-refractivity contribution in [3.05, 3.63) is 77.4 Å². The van der Waals surface area contributed by atoms with E-state index in [1.54, 1.807) is 0 Å². The van der Waals surface area contributed by atoms with E-state index in [-0.39, 0.29) is 52.2 Å². The van der Waals surface area contributed by atoms with Gasteiger partial charge in [-0.25, -0.2) is 9.97 Å². The van der Waals surface area contributed by atoms with Crippen LogP contribution in [0.1, 0.15) is 49.6 Å². The van der Waals surface area contributed by atoms with E-state index >= 15 is 0 Å². The predicted molar refractivity (Wildman–Crippen MR) is 138 cm³/mol. The number of hydrogen-bond acceptors (Lipinski definition) is 9. The largest absolute Gasteiger partial charge is 0.507 e. The van der Waals surface area contributed by atoms with Gasteiger partial charge in [0.15, 0.2) is 11.5 Å². The van der Waals surface area contributed by atoms with Crippen LogP contribution in [0.3, 0.4) is 0 Å². The minimum absolute atomic E-state index is 0.0303. The van der Waals surface area contributed by atoms with Crippen LogP contribution in [0.5, 0.6) is 17.2 Å². The summed E-state index contributed by atoms with van der Waals surface area (Å²) in [5, 5.41) is 19.6. The summed E-state index contributed by atoms with van der Waals surface area (Å²) < 4.78 is 10.5. The number of benzene rings is 2. The Kier molecular flexibility index (Phi) is 8.49. The Morgan fingerprint density at radius 2 is 1.68 bits per heavy atom. The number of carbonyl (C=O) groups excluding carboxylic acids is 3. The van der Waals surface area contributed by atoms with Crippen molar-refractivity contribution >= 4 is 17.6 Å². The molecule has 2 heterocycles. The lowest BCUT2D eigenvalue weighted by Gasteiger charge is -2.27. The second-order valence-electron chi connectivity index (χ2n) is 8.70. The first kappa shape index (κ1) is 26.6. The highest BCUT2D eigenvalue weighted by Crippen LogP contribution is 2.38. The summed E-state index contributed by atoms with van der Waals surface area (Å²) in [6.07, 6.45) is 4.29. The monoisotopic (exact) mass is 519 g/mol. The highest BCUT2D eigenvalue weighted by molar-refractivity contribution is 6.13. The van der Waals surface area contributed by atoms with Gasteiger partial charge in [-0.1, -0.05) is 12.1 Å². The molecule has 198 valence electrons. The van der Waals surface area contributed by atoms with Gasteiger partial charge in [-0.15, -0.1) is 0 Å². The normalized spacial score (nSPS) is 17.1. The third-order valence-electron chi connectivity index (χ3n) is 6.33. The van der Waals surface area contributed by atoms with Crippen LogP contribution in [0.2, 0.25) is 0 Å². The first-order valence-electron chi connectivity index (χ1n) is 12.1. The van der Waals surface area contributed by atoms with Crippen molar-refractivity contribution in [2.45, 2.75) is 24.9 Å². The fourth-order valence-electron chi connectivity index (χ4n) is 4.34. The Morgan fingerprint density at radius 1 is 0.947 bits per heavy atom. The van der Waals surface area contributed by atoms with Crippen LogP contribution in [0, 0.1) is 0 Å². The molecule has 0 spiro atoms. The molecule has 11 nitrogen and oxygen atoms in total. The van der Waals surface area contributed by atoms with Crippen LogP contribution in [-0.2, 0) is 0 Å². The van der Waals surface area contributed by atoms with E-state index in [9.17, 15) is 19.5 Å². The molecule has 1 aliphatic rings. The van der Waals surface area contributed by atoms with E-state index in [1.165, 1.54) is 69.2 Å². The first-order chi connectivity index (χ1) is 18.4. The van der Waals surface area contributed by atoms with E-state index < -0.39 is 5.78 Å². The molecular weight excluding hydrogens is 490 g/mol. The van der Waals surface area contributed by atoms with Crippen molar-refractivity contribution in [1.29, 1.82) is 0 Å². The summed E-state index contributed by atoms with van der Waals surface area (Å²) in [6.45, 7) is 1.25. The van der Waals surface area contributed by atoms with Crippen molar-refractivity contribution in [1.82, 2.24) is 25.9 Å². The summed E-state index contributed by atoms with van der Waals surface area (Å²) in [5.74, 6) is -0.974. The zero-order chi connectivity index (χ0) is 27.1. The van der Waals surface area contributed by atoms with E-state index in [4.69, 9.17) is 9.47 Å². The van der Waals surface area contributed by atoms with Crippen LogP contribution in [0.25, 0.3) is 0 Å². The summed E-state index contributed by atoms with van der Waals surface area (Å²) in [6, 6.07) is 9.82. The molecule has 4 rings (SSSR count). The number of rotatable bonds is 8. The van der Waals surface area contributed by atoms with Gasteiger partial charge in [0.2, 0.25) is 5.78 Å². The number of nitrogens with one attached hydrogen (secondary N) is 3. The molecule has 0 radical (unpaired) electrons. The number of hydrogen-bond donors (Lipinski definition) is 4. The molecule has 38 heavy (non-hydrogen) atoms. The van der Waals surface area contributed by atoms with Gasteiger partial charge >= 0.3 is 0 Å². The summed E-state index contributed by atoms with van der Waals surface area (Å²) in [5.41, 5.74) is 0.823. The van der Waals surface area contributed by atoms with Crippen LogP contribution in [0.4, 0.5) is 0 Å². The molecule has 1 aromatic heterocycles. The number of ketones is 1. The topological polar surface area (TPSA) is 152 Å². The number of methoxy groups -OCH3 is 2. The van der Waals surface area contributed by atoms with Gasteiger partial charge in [0.1, 0.15) is 23.3 Å². The molecule has 0 saturated carbocycles. The van der Waals surface area contributed by atoms with E-state index in [0.29, 0.717) is 24.3 Å². The molecule has 11 heteroatoms. The Labute approximate surface area is 219 Å². The number of ether oxygens (including phenoxy) is 2. The number of phenolic OH excluding ortho intramolecular Hbond substituents is 1. The second-order valence-corrected chi connectivity index (χ2v) is 8.70. The van der Waals surface area contributed by atoms with E-state index in [2.05, 4.69) is 25.9 Å². The number of amides is 2. The van der Waals surface area contributed by atoms with Gasteiger partial charge in [-0.05, 0) is 49.7 Å². The lowest BCUT2D eigenvalue weighted by molar-refractivity contribution is 0.0880. The van der Waals surface area contributed by atoms with Crippen LogP contribution in [-0.4, -0.2) is 72.1 Å². The van der Waals surface area contributed by atoms with Gasteiger partial charge in [0, 0.05) is 23.9 Å². The third kappa shape index (κ3) is 5.89. The molecule has 0 unspecified atom stereocenters. The van der Waals surface area contributed by atoms with Gasteiger partial charge in [-0.3, -0.25) is 14.4 Å². The molecule has 2 amide bonds. The number of phenols is 1. The van der Waals surface area contributed by atoms with Gasteiger partial charge in [0.25, 0.3) is 11.8 Å². The lowest BCUT2D eigenvalue weighted by Crippen LogP contribution is -2.54. The van der Waals surface area contributed by atoms with Gasteiger partial charge < -0.3 is 30.5 Å². The van der Waals surface area contributed by atoms with Crippen molar-refractivity contribution in [2.75, 3.05) is 27.3 Å². The molecule has 1 fully saturated rings. The Hall–Kier alpha value is -4.51. The molecular formula is C27H29N5O6. The average Bonchev–Trinajstić information content (AvgIpc) is 3.17. The maximum atomic E-state index is 13.2. The van der Waals surface area contributed by atoms with Crippen LogP contribution < -0.4 is 25.4 Å². The molecule has 0 aliphatic carbocycles. The number of carbonyl (C=O) groups is 3. The maximum absolute atomic E-state index is 13.2. The fraction of sp³-hybridized carbons (Fsp3) is 0.296. The first-order valence-corrected chi connectivity index (χ1v) is 12.1. The molecule has 2 atom stereocenters. The van der Waals surface area contributed by atoms with Crippen molar-refractivity contribution in [3.63, 3.8) is 0 Å². The Bertz CT molecular complexity index is 1300. The predicted octanol–water partition coefficient (Wildman–Crippen LogP) is 1.71. The average molecular weight is 520 g/mol. The zero-order valence-corrected chi connectivity index (χ0v) is 21.1. The second kappa shape index (κ2) is 12.2. The maximum Gasteiger partial charge on any atom is 0.270 e. The standard InChI is InChI=1S/C27H29N5O6/c1-37-22-10-9-21(33)23(25(22)38-2)24(34)16-5-7-17(8-6-16)26(35)31-18-4-3-12-28-14-20(18)32-27(36)19-11-13-29-15-30-19/h5-11,13,15,18,20,28,33H,3-4,12,14H2,1-2H3,(H,31,35)(H,32,36)/t18-,20-/m1/s1. The van der Waals surface area contributed by atoms with Crippen molar-refractivity contribution in [2.24, 2.45) is 0 Å². The minimum Gasteiger partial charge on any atom is -0.507 e. The van der Waals surface area contributed by atoms with E-state index in [0.717, 1.165) is 13.0 Å². The van der Waals surface area contributed by atoms with Crippen molar-refractivity contribution < 1.29 is 29.0 Å². The highest BCUT2D eigenvalue weighted by Gasteiger charge is 2.28. The number of aromatic hydroxyl groups is 1. The van der Waals surface area contributed by atoms with Gasteiger partial charge in [-0.2, -0.15) is 0 Å². The Balaban J connectivity index is 1.48. The highest BCUT2D eigenvalue weighted by atomic mass is 16.5. The molecule has 1 aliphatic heterocycles. The molecule has 1 saturated heterocycles. The van der Waals surface area contributed by atoms with Crippen LogP contribution >= 0.6 is 0 Å². The zero-order valence-electron chi connectivity index (χ0n) is 21.1. The summed E-state index contributed by atoms with van der Waals surface area (Å²) in [4.78, 5) is 46.7. The smallest absolute Gasteiger partial charge is 0.270 e. The summed E-state index contributed by atoms with van der Waals surface area (Å²) in [7, 11) is 2.82. The lowest BCUT2D eigenvalue weighted by atomic mass is 9.99. The third-order valence-corrected chi connectivity index (χ3v) is 6.33. The molecule has 4 N–H and O–H groups in total. The fourth-order valence-corrected chi connectivity index (χ4v) is 4.34. The molecule has 3 aromatic rings. The number of aromatic nitrogens is 2. The Morgan fingerprint density at radius 3 is 2.37 bits per heavy atom. The quantitative estimate of drug-likeness (QED) is 0.326. The number of nitrogens with zero attached hydrogens (tertiary/aromatic N) is 2. The summed E-state index contributed by atoms with van der Waals surface area (Å²) >= 11 is 0. The molecule has 2 aromatic carbocycles. The van der Waals surface area contributed by atoms with Gasteiger partial charge in [0.05, 0.1) is 26.3 Å².